The summed E-state index contributed by atoms with van der Waals surface area (Å²) in [4.78, 5) is 2.43. The molecule has 0 saturated carbocycles. The summed E-state index contributed by atoms with van der Waals surface area (Å²) in [6.45, 7) is 1.02. The average Bonchev–Trinajstić information content (AvgIpc) is 2.57. The van der Waals surface area contributed by atoms with Gasteiger partial charge in [0.2, 0.25) is 0 Å². The highest BCUT2D eigenvalue weighted by atomic mass is 16.5. The number of nitrogens with zero attached hydrogens (tertiary/aromatic N) is 1. The summed E-state index contributed by atoms with van der Waals surface area (Å²) < 4.78 is 10.9. The van der Waals surface area contributed by atoms with Crippen LogP contribution in [0.25, 0.3) is 0 Å². The van der Waals surface area contributed by atoms with Crippen LogP contribution in [0.15, 0.2) is 35.6 Å². The number of phenolic OH excluding ortho intramolecular Hbond substituents is 1. The van der Waals surface area contributed by atoms with E-state index in [4.69, 9.17) is 9.47 Å². The molecular weight excluding hydrogens is 290 g/mol. The first kappa shape index (κ1) is 14.6. The lowest BCUT2D eigenvalue weighted by atomic mass is 9.57. The van der Waals surface area contributed by atoms with E-state index in [9.17, 15) is 5.11 Å². The molecule has 4 nitrogen and oxygen atoms in total. The molecule has 1 aromatic carbocycles. The summed E-state index contributed by atoms with van der Waals surface area (Å²) in [6, 6.07) is 4.40. The monoisotopic (exact) mass is 313 g/mol. The number of phenols is 1. The van der Waals surface area contributed by atoms with E-state index in [0.29, 0.717) is 17.5 Å². The number of likely N-dealkylation sites (N-methyl/N-ethyl adjacent to an activating group) is 1. The maximum atomic E-state index is 10.9. The molecule has 0 unspecified atom stereocenters. The zero-order chi connectivity index (χ0) is 16.2. The minimum Gasteiger partial charge on any atom is -0.504 e. The number of ether oxygens (including phenoxy) is 2. The zero-order valence-corrected chi connectivity index (χ0v) is 13.9. The van der Waals surface area contributed by atoms with E-state index in [1.165, 1.54) is 11.1 Å². The van der Waals surface area contributed by atoms with Crippen LogP contribution in [0.3, 0.4) is 0 Å². The second-order valence-electron chi connectivity index (χ2n) is 6.82. The minimum absolute atomic E-state index is 0.163. The number of benzene rings is 1. The molecule has 1 heterocycles. The van der Waals surface area contributed by atoms with Crippen LogP contribution in [0.1, 0.15) is 24.0 Å². The molecule has 1 aromatic rings. The number of methoxy groups -OCH3 is 2. The van der Waals surface area contributed by atoms with Crippen molar-refractivity contribution in [1.82, 2.24) is 4.90 Å². The van der Waals surface area contributed by atoms with Crippen molar-refractivity contribution in [2.24, 2.45) is 0 Å². The van der Waals surface area contributed by atoms with Crippen molar-refractivity contribution >= 4 is 0 Å². The third-order valence-electron chi connectivity index (χ3n) is 5.86. The van der Waals surface area contributed by atoms with Gasteiger partial charge in [0.25, 0.3) is 0 Å². The molecule has 1 aliphatic heterocycles. The molecule has 1 N–H and O–H groups in total. The average molecular weight is 313 g/mol. The topological polar surface area (TPSA) is 41.9 Å². The third-order valence-corrected chi connectivity index (χ3v) is 5.86. The number of fused-ring (bicyclic) bond motifs is 1. The van der Waals surface area contributed by atoms with Crippen molar-refractivity contribution in [2.45, 2.75) is 30.7 Å². The van der Waals surface area contributed by atoms with Gasteiger partial charge in [0.15, 0.2) is 11.5 Å². The maximum absolute atomic E-state index is 10.9. The first-order valence-corrected chi connectivity index (χ1v) is 8.15. The lowest BCUT2D eigenvalue weighted by Crippen LogP contribution is -2.54. The molecule has 0 aromatic heterocycles. The van der Waals surface area contributed by atoms with Crippen LogP contribution in [-0.2, 0) is 16.6 Å². The van der Waals surface area contributed by atoms with Crippen molar-refractivity contribution in [3.63, 3.8) is 0 Å². The van der Waals surface area contributed by atoms with E-state index in [1.807, 2.05) is 6.07 Å². The van der Waals surface area contributed by atoms with E-state index in [0.717, 1.165) is 37.1 Å². The summed E-state index contributed by atoms with van der Waals surface area (Å²) in [5.74, 6) is 1.84. The van der Waals surface area contributed by atoms with Crippen molar-refractivity contribution in [2.75, 3.05) is 27.8 Å². The standard InChI is InChI=1S/C19H23NO3/c1-20-9-8-19-11-13(22-2)5-6-14(19)15(20)10-12-4-7-16(23-3)18(21)17(12)19/h4-7,15,21H,8-11H2,1-3H3/t15-,19+/m1/s1. The van der Waals surface area contributed by atoms with Crippen LogP contribution in [0.4, 0.5) is 0 Å². The molecule has 0 amide bonds. The molecule has 1 saturated heterocycles. The molecule has 3 aliphatic rings. The van der Waals surface area contributed by atoms with Gasteiger partial charge in [-0.1, -0.05) is 12.1 Å². The lowest BCUT2D eigenvalue weighted by molar-refractivity contribution is 0.146. The molecule has 0 spiro atoms. The van der Waals surface area contributed by atoms with Gasteiger partial charge in [-0.15, -0.1) is 0 Å². The van der Waals surface area contributed by atoms with Crippen LogP contribution in [0, 0.1) is 0 Å². The fourth-order valence-electron chi connectivity index (χ4n) is 4.68. The van der Waals surface area contributed by atoms with Crippen molar-refractivity contribution < 1.29 is 14.6 Å². The van der Waals surface area contributed by atoms with Gasteiger partial charge in [0.1, 0.15) is 0 Å². The number of aromatic hydroxyl groups is 1. The molecule has 0 radical (unpaired) electrons. The van der Waals surface area contributed by atoms with Crippen LogP contribution >= 0.6 is 0 Å². The van der Waals surface area contributed by atoms with Gasteiger partial charge in [0, 0.05) is 23.4 Å². The lowest BCUT2D eigenvalue weighted by Gasteiger charge is -2.53. The summed E-state index contributed by atoms with van der Waals surface area (Å²) in [7, 11) is 5.53. The molecule has 2 aliphatic carbocycles. The van der Waals surface area contributed by atoms with E-state index in [-0.39, 0.29) is 5.41 Å². The predicted molar refractivity (Wildman–Crippen MR) is 88.9 cm³/mol. The quantitative estimate of drug-likeness (QED) is 0.911. The number of piperidine rings is 1. The van der Waals surface area contributed by atoms with Crippen molar-refractivity contribution in [3.8, 4) is 11.5 Å². The molecule has 122 valence electrons. The number of allylic oxidation sites excluding steroid dienone is 3. The Bertz CT molecular complexity index is 722. The molecule has 2 bridgehead atoms. The van der Waals surface area contributed by atoms with Gasteiger partial charge in [-0.05, 0) is 49.7 Å². The maximum Gasteiger partial charge on any atom is 0.162 e. The fourth-order valence-corrected chi connectivity index (χ4v) is 4.68. The van der Waals surface area contributed by atoms with E-state index in [2.05, 4.69) is 30.2 Å². The highest BCUT2D eigenvalue weighted by molar-refractivity contribution is 5.62. The first-order chi connectivity index (χ1) is 11.1. The van der Waals surface area contributed by atoms with Gasteiger partial charge >= 0.3 is 0 Å². The summed E-state index contributed by atoms with van der Waals surface area (Å²) >= 11 is 0. The molecule has 1 fully saturated rings. The van der Waals surface area contributed by atoms with Crippen LogP contribution in [0.5, 0.6) is 11.5 Å². The number of hydrogen-bond acceptors (Lipinski definition) is 4. The summed E-state index contributed by atoms with van der Waals surface area (Å²) in [5, 5.41) is 10.9. The first-order valence-electron chi connectivity index (χ1n) is 8.15. The van der Waals surface area contributed by atoms with Gasteiger partial charge < -0.3 is 14.6 Å². The van der Waals surface area contributed by atoms with E-state index < -0.39 is 0 Å². The summed E-state index contributed by atoms with van der Waals surface area (Å²) in [6.07, 6.45) is 7.03. The second kappa shape index (κ2) is 5.03. The van der Waals surface area contributed by atoms with Gasteiger partial charge in [-0.3, -0.25) is 4.90 Å². The number of likely N-dealkylation sites (tertiary alicyclic amines) is 1. The summed E-state index contributed by atoms with van der Waals surface area (Å²) in [5.41, 5.74) is 3.52. The van der Waals surface area contributed by atoms with Crippen LogP contribution < -0.4 is 4.74 Å². The Hall–Kier alpha value is -1.94. The zero-order valence-electron chi connectivity index (χ0n) is 13.9. The molecule has 23 heavy (non-hydrogen) atoms. The Morgan fingerprint density at radius 2 is 2.04 bits per heavy atom. The molecule has 4 rings (SSSR count). The Morgan fingerprint density at radius 3 is 2.78 bits per heavy atom. The van der Waals surface area contributed by atoms with Crippen LogP contribution in [-0.4, -0.2) is 43.9 Å². The highest BCUT2D eigenvalue weighted by Crippen LogP contribution is 2.57. The van der Waals surface area contributed by atoms with Crippen molar-refractivity contribution in [1.29, 1.82) is 0 Å². The number of hydrogen-bond donors (Lipinski definition) is 1. The Balaban J connectivity index is 1.98. The second-order valence-corrected chi connectivity index (χ2v) is 6.82. The Kier molecular flexibility index (Phi) is 3.20. The minimum atomic E-state index is -0.163. The van der Waals surface area contributed by atoms with Crippen molar-refractivity contribution in [3.05, 3.63) is 46.7 Å². The fraction of sp³-hybridized carbons (Fsp3) is 0.474. The predicted octanol–water partition coefficient (Wildman–Crippen LogP) is 2.76. The Labute approximate surface area is 137 Å². The molecule has 4 heteroatoms. The smallest absolute Gasteiger partial charge is 0.162 e. The van der Waals surface area contributed by atoms with Gasteiger partial charge in [-0.2, -0.15) is 0 Å². The van der Waals surface area contributed by atoms with Crippen LogP contribution in [0.2, 0.25) is 0 Å². The third kappa shape index (κ3) is 1.88. The highest BCUT2D eigenvalue weighted by Gasteiger charge is 2.51. The number of rotatable bonds is 2. The molecular formula is C19H23NO3. The van der Waals surface area contributed by atoms with Gasteiger partial charge in [0.05, 0.1) is 20.0 Å². The largest absolute Gasteiger partial charge is 0.504 e. The van der Waals surface area contributed by atoms with Gasteiger partial charge in [-0.25, -0.2) is 0 Å². The van der Waals surface area contributed by atoms with E-state index >= 15 is 0 Å². The molecule has 2 atom stereocenters. The normalized spacial score (nSPS) is 29.1. The van der Waals surface area contributed by atoms with E-state index in [1.54, 1.807) is 14.2 Å². The SMILES string of the molecule is COC1=CC=C2[C@H]3Cc4ccc(OC)c(O)c4[C@@]2(CCN3C)C1. The Morgan fingerprint density at radius 1 is 1.22 bits per heavy atom.